The smallest absolute Gasteiger partial charge is 0.237 e. The van der Waals surface area contributed by atoms with Crippen molar-refractivity contribution in [3.05, 3.63) is 0 Å². The van der Waals surface area contributed by atoms with E-state index in [1.165, 1.54) is 0 Å². The van der Waals surface area contributed by atoms with E-state index in [9.17, 15) is 4.79 Å². The zero-order chi connectivity index (χ0) is 8.32. The summed E-state index contributed by atoms with van der Waals surface area (Å²) in [5.74, 6) is -0.183. The van der Waals surface area contributed by atoms with Gasteiger partial charge in [0, 0.05) is 0 Å². The minimum Gasteiger partial charge on any atom is -0.368 e. The van der Waals surface area contributed by atoms with Crippen molar-refractivity contribution in [3.63, 3.8) is 0 Å². The highest BCUT2D eigenvalue weighted by Gasteiger charge is 2.41. The second-order valence-electron chi connectivity index (χ2n) is 3.23. The molecule has 0 aromatic rings. The predicted molar refractivity (Wildman–Crippen MR) is 44.1 cm³/mol. The van der Waals surface area contributed by atoms with Crippen LogP contribution >= 0.6 is 0 Å². The summed E-state index contributed by atoms with van der Waals surface area (Å²) in [6.07, 6.45) is 4.01. The summed E-state index contributed by atoms with van der Waals surface area (Å²) in [5.41, 5.74) is 4.93. The van der Waals surface area contributed by atoms with Crippen LogP contribution in [0.3, 0.4) is 0 Å². The Morgan fingerprint density at radius 2 is 2.27 bits per heavy atom. The summed E-state index contributed by atoms with van der Waals surface area (Å²) in [6, 6.07) is 0. The van der Waals surface area contributed by atoms with Gasteiger partial charge in [0.05, 0.1) is 5.54 Å². The molecule has 1 aliphatic carbocycles. The molecule has 0 aromatic heterocycles. The summed E-state index contributed by atoms with van der Waals surface area (Å²) >= 11 is 0. The lowest BCUT2D eigenvalue weighted by molar-refractivity contribution is -0.127. The normalized spacial score (nSPS) is 20.8. The van der Waals surface area contributed by atoms with Crippen molar-refractivity contribution >= 4 is 5.91 Å². The zero-order valence-electron chi connectivity index (χ0n) is 7.02. The van der Waals surface area contributed by atoms with Crippen molar-refractivity contribution in [2.24, 2.45) is 5.73 Å². The van der Waals surface area contributed by atoms with E-state index in [1.54, 1.807) is 0 Å². The van der Waals surface area contributed by atoms with Crippen LogP contribution < -0.4 is 11.1 Å². The summed E-state index contributed by atoms with van der Waals surface area (Å²) in [6.45, 7) is 2.98. The first kappa shape index (κ1) is 8.53. The highest BCUT2D eigenvalue weighted by atomic mass is 16.1. The zero-order valence-corrected chi connectivity index (χ0v) is 7.02. The lowest BCUT2D eigenvalue weighted by atomic mass is 9.76. The fraction of sp³-hybridized carbons (Fsp3) is 0.875. The van der Waals surface area contributed by atoms with E-state index in [-0.39, 0.29) is 11.4 Å². The van der Waals surface area contributed by atoms with Crippen LogP contribution in [-0.2, 0) is 4.79 Å². The first-order valence-electron chi connectivity index (χ1n) is 4.26. The largest absolute Gasteiger partial charge is 0.368 e. The second kappa shape index (κ2) is 3.22. The average molecular weight is 156 g/mol. The molecule has 0 unspecified atom stereocenters. The average Bonchev–Trinajstić information content (AvgIpc) is 1.85. The lowest BCUT2D eigenvalue weighted by Crippen LogP contribution is -2.60. The standard InChI is InChI=1S/C8H16N2O/c1-2-6-10-8(7(9)11)4-3-5-8/h10H,2-6H2,1H3,(H2,9,11). The highest BCUT2D eigenvalue weighted by Crippen LogP contribution is 2.31. The first-order chi connectivity index (χ1) is 5.21. The maximum absolute atomic E-state index is 11.0. The van der Waals surface area contributed by atoms with Crippen LogP contribution in [0.4, 0.5) is 0 Å². The van der Waals surface area contributed by atoms with E-state index in [4.69, 9.17) is 5.73 Å². The Balaban J connectivity index is 2.40. The molecule has 0 radical (unpaired) electrons. The Labute approximate surface area is 67.3 Å². The number of carbonyl (C=O) groups is 1. The molecule has 0 spiro atoms. The maximum Gasteiger partial charge on any atom is 0.237 e. The van der Waals surface area contributed by atoms with E-state index in [0.29, 0.717) is 0 Å². The van der Waals surface area contributed by atoms with Gasteiger partial charge in [0.15, 0.2) is 0 Å². The molecule has 11 heavy (non-hydrogen) atoms. The Morgan fingerprint density at radius 3 is 2.55 bits per heavy atom. The maximum atomic E-state index is 11.0. The predicted octanol–water partition coefficient (Wildman–Crippen LogP) is 0.394. The van der Waals surface area contributed by atoms with Crippen molar-refractivity contribution in [1.82, 2.24) is 5.32 Å². The van der Waals surface area contributed by atoms with Crippen molar-refractivity contribution in [2.45, 2.75) is 38.1 Å². The Hall–Kier alpha value is -0.570. The second-order valence-corrected chi connectivity index (χ2v) is 3.23. The SMILES string of the molecule is CCCNC1(C(N)=O)CCC1. The Bertz CT molecular complexity index is 152. The molecule has 0 atom stereocenters. The van der Waals surface area contributed by atoms with Crippen LogP contribution in [0.5, 0.6) is 0 Å². The molecule has 64 valence electrons. The van der Waals surface area contributed by atoms with Crippen LogP contribution in [0.2, 0.25) is 0 Å². The van der Waals surface area contributed by atoms with E-state index in [0.717, 1.165) is 32.2 Å². The molecule has 1 saturated carbocycles. The minimum absolute atomic E-state index is 0.183. The van der Waals surface area contributed by atoms with Gasteiger partial charge in [-0.15, -0.1) is 0 Å². The number of nitrogens with one attached hydrogen (secondary N) is 1. The molecule has 3 N–H and O–H groups in total. The fourth-order valence-electron chi connectivity index (χ4n) is 1.40. The third-order valence-corrected chi connectivity index (χ3v) is 2.39. The van der Waals surface area contributed by atoms with Gasteiger partial charge >= 0.3 is 0 Å². The van der Waals surface area contributed by atoms with E-state index in [2.05, 4.69) is 12.2 Å². The van der Waals surface area contributed by atoms with Crippen molar-refractivity contribution < 1.29 is 4.79 Å². The topological polar surface area (TPSA) is 55.1 Å². The van der Waals surface area contributed by atoms with Gasteiger partial charge in [0.1, 0.15) is 0 Å². The van der Waals surface area contributed by atoms with Crippen LogP contribution in [-0.4, -0.2) is 18.0 Å². The Kier molecular flexibility index (Phi) is 2.49. The number of amides is 1. The van der Waals surface area contributed by atoms with Gasteiger partial charge < -0.3 is 11.1 Å². The summed E-state index contributed by atoms with van der Waals surface area (Å²) in [7, 11) is 0. The van der Waals surface area contributed by atoms with Gasteiger partial charge in [-0.1, -0.05) is 6.92 Å². The van der Waals surface area contributed by atoms with Crippen LogP contribution in [0, 0.1) is 0 Å². The number of rotatable bonds is 4. The molecule has 3 heteroatoms. The van der Waals surface area contributed by atoms with E-state index in [1.807, 2.05) is 0 Å². The molecule has 1 rings (SSSR count). The quantitative estimate of drug-likeness (QED) is 0.618. The van der Waals surface area contributed by atoms with Gasteiger partial charge in [0.2, 0.25) is 5.91 Å². The number of carbonyl (C=O) groups excluding carboxylic acids is 1. The molecule has 0 aliphatic heterocycles. The number of hydrogen-bond acceptors (Lipinski definition) is 2. The lowest BCUT2D eigenvalue weighted by Gasteiger charge is -2.39. The molecule has 0 bridgehead atoms. The Morgan fingerprint density at radius 1 is 1.64 bits per heavy atom. The highest BCUT2D eigenvalue weighted by molar-refractivity contribution is 5.85. The van der Waals surface area contributed by atoms with E-state index < -0.39 is 0 Å². The molecule has 3 nitrogen and oxygen atoms in total. The van der Waals surface area contributed by atoms with Crippen LogP contribution in [0.1, 0.15) is 32.6 Å². The third-order valence-electron chi connectivity index (χ3n) is 2.39. The van der Waals surface area contributed by atoms with Crippen molar-refractivity contribution in [1.29, 1.82) is 0 Å². The molecule has 1 amide bonds. The van der Waals surface area contributed by atoms with Crippen LogP contribution in [0.15, 0.2) is 0 Å². The number of primary amides is 1. The summed E-state index contributed by atoms with van der Waals surface area (Å²) < 4.78 is 0. The molecular weight excluding hydrogens is 140 g/mol. The molecule has 0 saturated heterocycles. The van der Waals surface area contributed by atoms with Gasteiger partial charge in [0.25, 0.3) is 0 Å². The fourth-order valence-corrected chi connectivity index (χ4v) is 1.40. The minimum atomic E-state index is -0.337. The monoisotopic (exact) mass is 156 g/mol. The van der Waals surface area contributed by atoms with Gasteiger partial charge in [-0.2, -0.15) is 0 Å². The molecular formula is C8H16N2O. The van der Waals surface area contributed by atoms with Gasteiger partial charge in [-0.05, 0) is 32.2 Å². The van der Waals surface area contributed by atoms with Gasteiger partial charge in [-0.3, -0.25) is 4.79 Å². The molecule has 0 aromatic carbocycles. The molecule has 0 heterocycles. The van der Waals surface area contributed by atoms with Gasteiger partial charge in [-0.25, -0.2) is 0 Å². The summed E-state index contributed by atoms with van der Waals surface area (Å²) in [4.78, 5) is 11.0. The van der Waals surface area contributed by atoms with E-state index >= 15 is 0 Å². The van der Waals surface area contributed by atoms with Crippen molar-refractivity contribution in [3.8, 4) is 0 Å². The van der Waals surface area contributed by atoms with Crippen molar-refractivity contribution in [2.75, 3.05) is 6.54 Å². The molecule has 1 aliphatic rings. The third kappa shape index (κ3) is 1.53. The summed E-state index contributed by atoms with van der Waals surface area (Å²) in [5, 5.41) is 3.21. The number of hydrogen-bond donors (Lipinski definition) is 2. The molecule has 1 fully saturated rings. The van der Waals surface area contributed by atoms with Crippen LogP contribution in [0.25, 0.3) is 0 Å². The number of nitrogens with two attached hydrogens (primary N) is 1. The first-order valence-corrected chi connectivity index (χ1v) is 4.26.